The summed E-state index contributed by atoms with van der Waals surface area (Å²) in [4.78, 5) is 110. The van der Waals surface area contributed by atoms with E-state index >= 15 is 0 Å². The third-order valence-electron chi connectivity index (χ3n) is 19.7. The zero-order chi connectivity index (χ0) is 79.2. The molecule has 4 aromatic heterocycles. The van der Waals surface area contributed by atoms with Crippen LogP contribution in [0.1, 0.15) is 123 Å². The number of rotatable bonds is 12. The smallest absolute Gasteiger partial charge is 0.322 e. The van der Waals surface area contributed by atoms with E-state index in [1.165, 1.54) is 65.2 Å². The first-order valence-corrected chi connectivity index (χ1v) is 35.1. The van der Waals surface area contributed by atoms with Crippen LogP contribution in [-0.4, -0.2) is 65.3 Å². The van der Waals surface area contributed by atoms with Crippen LogP contribution in [0.4, 0.5) is 77.8 Å². The Balaban J connectivity index is 0.000000146. The molecule has 18 nitrogen and oxygen atoms in total. The molecule has 0 saturated carbocycles. The molecule has 0 radical (unpaired) electrons. The number of alkyl halides is 6. The molecule has 0 fully saturated rings. The highest BCUT2D eigenvalue weighted by Gasteiger charge is 2.50. The Hall–Kier alpha value is -13.4. The van der Waals surface area contributed by atoms with Crippen LogP contribution in [0.25, 0.3) is 33.4 Å². The monoisotopic (exact) mass is 1490 g/mol. The lowest BCUT2D eigenvalue weighted by atomic mass is 9.81. The molecule has 3 N–H and O–H groups in total. The normalized spacial score (nSPS) is 14.3. The highest BCUT2D eigenvalue weighted by Crippen LogP contribution is 2.53. The van der Waals surface area contributed by atoms with E-state index in [0.717, 1.165) is 62.6 Å². The van der Waals surface area contributed by atoms with Crippen molar-refractivity contribution in [2.75, 3.05) is 30.7 Å². The number of amides is 6. The third kappa shape index (κ3) is 14.8. The number of nitrogens with one attached hydrogen (secondary N) is 3. The Bertz CT molecular complexity index is 5410. The summed E-state index contributed by atoms with van der Waals surface area (Å²) in [6.45, 7) is 18.4. The lowest BCUT2D eigenvalue weighted by molar-refractivity contribution is -0.138. The van der Waals surface area contributed by atoms with Crippen LogP contribution in [0.3, 0.4) is 0 Å². The van der Waals surface area contributed by atoms with E-state index in [-0.39, 0.29) is 23.6 Å². The lowest BCUT2D eigenvalue weighted by Gasteiger charge is -2.21. The number of carbonyl (C=O) groups excluding carboxylic acids is 6. The van der Waals surface area contributed by atoms with Crippen LogP contribution in [0.15, 0.2) is 238 Å². The van der Waals surface area contributed by atoms with Crippen molar-refractivity contribution in [1.29, 1.82) is 0 Å². The summed E-state index contributed by atoms with van der Waals surface area (Å²) in [5, 5.41) is 8.09. The fourth-order valence-electron chi connectivity index (χ4n) is 14.1. The standard InChI is InChI=1S/2C29H23F3N4O2.C29H26N4O2/c1-17-7-10-19(11-8-17)35-26(37)21-15-18(9-12-22(21)29(30,31)32)20-5-4-6-23-25(20)28(2,3)27(38)36(23)24-16-33-13-14-34-24;1-17-7-10-19(11-8-17)35-26(37)21-15-18(9-12-22(21)29(30,31)32)20-5-4-6-23-25(20)28(2,3)27(38)36(23)24-13-14-33-16-34-24;1-18-10-12-21(13-11-18)32-27(34)24-15-20(16-31-19(24)2)23-8-5-9-25-26(23)29(3,4)28(35)33(25)22-7-6-14-30-17-22/h2*4-16H,1-3H3,(H,35,37);5-17H,1-4H3,(H,32,34). The maximum absolute atomic E-state index is 13.9. The second kappa shape index (κ2) is 29.6. The number of pyridine rings is 2. The average Bonchev–Trinajstić information content (AvgIpc) is 1.58. The topological polar surface area (TPSA) is 226 Å². The molecule has 6 amide bonds. The minimum Gasteiger partial charge on any atom is -0.322 e. The molecule has 558 valence electrons. The van der Waals surface area contributed by atoms with Crippen molar-refractivity contribution in [3.05, 3.63) is 305 Å². The molecule has 24 heteroatoms. The van der Waals surface area contributed by atoms with Crippen LogP contribution < -0.4 is 30.7 Å². The predicted molar refractivity (Wildman–Crippen MR) is 414 cm³/mol. The molecule has 0 saturated heterocycles. The van der Waals surface area contributed by atoms with Gasteiger partial charge in [-0.25, -0.2) is 15.0 Å². The van der Waals surface area contributed by atoms with E-state index in [1.807, 2.05) is 102 Å². The molecule has 111 heavy (non-hydrogen) atoms. The first kappa shape index (κ1) is 75.8. The molecule has 3 aliphatic rings. The number of aryl methyl sites for hydroxylation is 4. The Morgan fingerprint density at radius 1 is 0.369 bits per heavy atom. The van der Waals surface area contributed by atoms with E-state index in [9.17, 15) is 55.1 Å². The number of halogens is 6. The number of hydrogen-bond acceptors (Lipinski definition) is 12. The molecule has 0 spiro atoms. The quantitative estimate of drug-likeness (QED) is 0.0971. The summed E-state index contributed by atoms with van der Waals surface area (Å²) in [7, 11) is 0. The van der Waals surface area contributed by atoms with E-state index < -0.39 is 62.7 Å². The van der Waals surface area contributed by atoms with Crippen molar-refractivity contribution in [2.45, 2.75) is 97.8 Å². The van der Waals surface area contributed by atoms with Gasteiger partial charge >= 0.3 is 12.4 Å². The van der Waals surface area contributed by atoms with Crippen LogP contribution in [0.5, 0.6) is 0 Å². The average molecular weight is 1500 g/mol. The van der Waals surface area contributed by atoms with Gasteiger partial charge in [-0.05, 0) is 217 Å². The maximum atomic E-state index is 13.9. The summed E-state index contributed by atoms with van der Waals surface area (Å²) in [5.74, 6) is -1.76. The van der Waals surface area contributed by atoms with Crippen LogP contribution >= 0.6 is 0 Å². The minimum atomic E-state index is -4.74. The highest BCUT2D eigenvalue weighted by molar-refractivity contribution is 6.17. The molecule has 7 heterocycles. The first-order valence-electron chi connectivity index (χ1n) is 35.1. The van der Waals surface area contributed by atoms with Gasteiger partial charge in [0.2, 0.25) is 17.7 Å². The summed E-state index contributed by atoms with van der Waals surface area (Å²) in [6, 6.07) is 51.6. The molecule has 0 bridgehead atoms. The second-order valence-electron chi connectivity index (χ2n) is 28.6. The fourth-order valence-corrected chi connectivity index (χ4v) is 14.1. The minimum absolute atomic E-state index is 0.0228. The van der Waals surface area contributed by atoms with Gasteiger partial charge < -0.3 is 16.0 Å². The number of aromatic nitrogens is 6. The molecule has 12 aromatic rings. The summed E-state index contributed by atoms with van der Waals surface area (Å²) >= 11 is 0. The molecule has 8 aromatic carbocycles. The number of fused-ring (bicyclic) bond motifs is 3. The molecular formula is C87H72F6N12O6. The van der Waals surface area contributed by atoms with Gasteiger partial charge in [-0.1, -0.05) is 102 Å². The largest absolute Gasteiger partial charge is 0.417 e. The second-order valence-corrected chi connectivity index (χ2v) is 28.6. The van der Waals surface area contributed by atoms with Crippen molar-refractivity contribution in [3.63, 3.8) is 0 Å². The Morgan fingerprint density at radius 2 is 0.775 bits per heavy atom. The Kier molecular flexibility index (Phi) is 20.3. The van der Waals surface area contributed by atoms with Crippen molar-refractivity contribution in [1.82, 2.24) is 29.9 Å². The van der Waals surface area contributed by atoms with Gasteiger partial charge in [-0.3, -0.25) is 58.4 Å². The molecule has 3 aliphatic heterocycles. The first-order chi connectivity index (χ1) is 52.7. The third-order valence-corrected chi connectivity index (χ3v) is 19.7. The SMILES string of the molecule is Cc1ccc(NC(=O)c2cc(-c3cccc4c3C(C)(C)C(=O)N4c3cccnc3)cnc2C)cc1.Cc1ccc(NC(=O)c2cc(-c3cccc4c3C(C)(C)C(=O)N4c3ccncn3)ccc2C(F)(F)F)cc1.Cc1ccc(NC(=O)c2cc(-c3cccc4c3C(C)(C)C(=O)N4c3cnccn3)ccc2C(F)(F)F)cc1. The number of carbonyl (C=O) groups is 6. The molecule has 0 atom stereocenters. The molecule has 0 aliphatic carbocycles. The molecule has 15 rings (SSSR count). The summed E-state index contributed by atoms with van der Waals surface area (Å²) in [5.41, 5.74) is 8.10. The van der Waals surface area contributed by atoms with Crippen molar-refractivity contribution in [3.8, 4) is 33.4 Å². The predicted octanol–water partition coefficient (Wildman–Crippen LogP) is 19.3. The highest BCUT2D eigenvalue weighted by atomic mass is 19.4. The number of benzene rings is 8. The Labute approximate surface area is 635 Å². The fraction of sp³-hybridized carbons (Fsp3) is 0.172. The summed E-state index contributed by atoms with van der Waals surface area (Å²) < 4.78 is 83.5. The molecule has 0 unspecified atom stereocenters. The van der Waals surface area contributed by atoms with Crippen LogP contribution in [0, 0.1) is 27.7 Å². The van der Waals surface area contributed by atoms with Gasteiger partial charge in [-0.2, -0.15) is 26.3 Å². The van der Waals surface area contributed by atoms with Crippen molar-refractivity contribution >= 4 is 86.9 Å². The van der Waals surface area contributed by atoms with E-state index in [4.69, 9.17) is 0 Å². The number of anilines is 9. The zero-order valence-corrected chi connectivity index (χ0v) is 61.8. The van der Waals surface area contributed by atoms with Gasteiger partial charge in [0.15, 0.2) is 5.82 Å². The van der Waals surface area contributed by atoms with Gasteiger partial charge in [0.1, 0.15) is 12.1 Å². The zero-order valence-electron chi connectivity index (χ0n) is 61.8. The lowest BCUT2D eigenvalue weighted by Crippen LogP contribution is -2.33. The van der Waals surface area contributed by atoms with Crippen molar-refractivity contribution < 1.29 is 55.1 Å². The number of hydrogen-bond donors (Lipinski definition) is 3. The van der Waals surface area contributed by atoms with Gasteiger partial charge in [-0.15, -0.1) is 0 Å². The van der Waals surface area contributed by atoms with E-state index in [0.29, 0.717) is 79.0 Å². The van der Waals surface area contributed by atoms with Crippen molar-refractivity contribution in [2.24, 2.45) is 0 Å². The van der Waals surface area contributed by atoms with E-state index in [2.05, 4.69) is 45.9 Å². The summed E-state index contributed by atoms with van der Waals surface area (Å²) in [6.07, 6.45) is 2.98. The maximum Gasteiger partial charge on any atom is 0.417 e. The van der Waals surface area contributed by atoms with E-state index in [1.54, 1.807) is 142 Å². The van der Waals surface area contributed by atoms with Gasteiger partial charge in [0.05, 0.1) is 84.9 Å². The molecular weight excluding hydrogens is 1420 g/mol. The Morgan fingerprint density at radius 3 is 1.18 bits per heavy atom. The van der Waals surface area contributed by atoms with Gasteiger partial charge in [0, 0.05) is 53.6 Å². The number of nitrogens with zero attached hydrogens (tertiary/aromatic N) is 9. The van der Waals surface area contributed by atoms with Crippen LogP contribution in [-0.2, 0) is 43.0 Å². The van der Waals surface area contributed by atoms with Crippen LogP contribution in [0.2, 0.25) is 0 Å². The van der Waals surface area contributed by atoms with Gasteiger partial charge in [0.25, 0.3) is 17.7 Å².